The number of nitrogens with zero attached hydrogens (tertiary/aromatic N) is 2. The van der Waals surface area contributed by atoms with Gasteiger partial charge in [-0.05, 0) is 23.9 Å². The normalized spacial score (nSPS) is 10.7. The molecule has 2 aromatic heterocycles. The molecular weight excluding hydrogens is 242 g/mol. The van der Waals surface area contributed by atoms with Crippen LogP contribution in [-0.2, 0) is 6.54 Å². The number of anilines is 1. The van der Waals surface area contributed by atoms with E-state index in [0.29, 0.717) is 0 Å². The van der Waals surface area contributed by atoms with Crippen molar-refractivity contribution >= 4 is 27.9 Å². The maximum absolute atomic E-state index is 4.18. The molecular formula is C14H13N3S. The summed E-state index contributed by atoms with van der Waals surface area (Å²) >= 11 is 1.76. The number of thiophene rings is 1. The maximum atomic E-state index is 4.18. The van der Waals surface area contributed by atoms with Crippen molar-refractivity contribution in [2.24, 2.45) is 0 Å². The maximum Gasteiger partial charge on any atom is 0.156 e. The molecule has 0 saturated carbocycles. The summed E-state index contributed by atoms with van der Waals surface area (Å²) in [6, 6.07) is 10.3. The Morgan fingerprint density at radius 2 is 2.11 bits per heavy atom. The van der Waals surface area contributed by atoms with Gasteiger partial charge in [0.1, 0.15) is 0 Å². The van der Waals surface area contributed by atoms with E-state index in [2.05, 4.69) is 40.0 Å². The van der Waals surface area contributed by atoms with E-state index in [1.165, 1.54) is 10.4 Å². The molecule has 4 heteroatoms. The van der Waals surface area contributed by atoms with Crippen molar-refractivity contribution in [1.29, 1.82) is 0 Å². The van der Waals surface area contributed by atoms with Crippen LogP contribution >= 0.6 is 11.3 Å². The van der Waals surface area contributed by atoms with E-state index in [4.69, 9.17) is 0 Å². The Kier molecular flexibility index (Phi) is 2.94. The molecule has 0 aliphatic heterocycles. The Bertz CT molecular complexity index is 670. The van der Waals surface area contributed by atoms with Crippen molar-refractivity contribution in [3.05, 3.63) is 52.3 Å². The van der Waals surface area contributed by atoms with E-state index in [0.717, 1.165) is 23.1 Å². The van der Waals surface area contributed by atoms with Gasteiger partial charge in [-0.25, -0.2) is 0 Å². The number of nitrogens with one attached hydrogen (secondary N) is 1. The zero-order valence-corrected chi connectivity index (χ0v) is 10.9. The van der Waals surface area contributed by atoms with Crippen molar-refractivity contribution < 1.29 is 0 Å². The summed E-state index contributed by atoms with van der Waals surface area (Å²) < 4.78 is 0. The lowest BCUT2D eigenvalue weighted by Crippen LogP contribution is -2.02. The van der Waals surface area contributed by atoms with E-state index in [1.807, 2.05) is 18.2 Å². The van der Waals surface area contributed by atoms with Crippen LogP contribution in [0.15, 0.2) is 41.9 Å². The van der Waals surface area contributed by atoms with Crippen LogP contribution in [-0.4, -0.2) is 10.2 Å². The minimum Gasteiger partial charge on any atom is -0.363 e. The first-order valence-corrected chi connectivity index (χ1v) is 6.70. The van der Waals surface area contributed by atoms with Crippen molar-refractivity contribution in [3.63, 3.8) is 0 Å². The van der Waals surface area contributed by atoms with Gasteiger partial charge in [0.2, 0.25) is 0 Å². The molecule has 90 valence electrons. The summed E-state index contributed by atoms with van der Waals surface area (Å²) in [5, 5.41) is 15.9. The van der Waals surface area contributed by atoms with Gasteiger partial charge >= 0.3 is 0 Å². The topological polar surface area (TPSA) is 37.8 Å². The van der Waals surface area contributed by atoms with Gasteiger partial charge < -0.3 is 5.32 Å². The van der Waals surface area contributed by atoms with Crippen molar-refractivity contribution in [3.8, 4) is 0 Å². The van der Waals surface area contributed by atoms with Gasteiger partial charge in [0, 0.05) is 15.6 Å². The van der Waals surface area contributed by atoms with Crippen LogP contribution in [0.5, 0.6) is 0 Å². The van der Waals surface area contributed by atoms with Gasteiger partial charge in [-0.15, -0.1) is 16.4 Å². The highest BCUT2D eigenvalue weighted by molar-refractivity contribution is 7.10. The number of aryl methyl sites for hydroxylation is 1. The molecule has 2 heterocycles. The first-order chi connectivity index (χ1) is 8.84. The standard InChI is InChI=1S/C14H13N3S/c1-10-6-7-18-13(10)9-15-14-12-5-3-2-4-11(12)8-16-17-14/h2-8H,9H2,1H3,(H,15,17). The second-order valence-electron chi connectivity index (χ2n) is 4.16. The average Bonchev–Trinajstić information content (AvgIpc) is 2.82. The zero-order chi connectivity index (χ0) is 12.4. The molecule has 1 N–H and O–H groups in total. The largest absolute Gasteiger partial charge is 0.363 e. The molecule has 0 aliphatic rings. The average molecular weight is 255 g/mol. The molecule has 3 rings (SSSR count). The van der Waals surface area contributed by atoms with E-state index in [9.17, 15) is 0 Å². The summed E-state index contributed by atoms with van der Waals surface area (Å²) in [6.07, 6.45) is 1.79. The van der Waals surface area contributed by atoms with Crippen LogP contribution in [0, 0.1) is 6.92 Å². The third-order valence-corrected chi connectivity index (χ3v) is 3.98. The van der Waals surface area contributed by atoms with E-state index in [-0.39, 0.29) is 0 Å². The Hall–Kier alpha value is -1.94. The number of fused-ring (bicyclic) bond motifs is 1. The molecule has 1 aromatic carbocycles. The minimum absolute atomic E-state index is 0.798. The summed E-state index contributed by atoms with van der Waals surface area (Å²) in [5.74, 6) is 0.848. The third kappa shape index (κ3) is 2.07. The Morgan fingerprint density at radius 3 is 2.94 bits per heavy atom. The highest BCUT2D eigenvalue weighted by Crippen LogP contribution is 2.21. The third-order valence-electron chi connectivity index (χ3n) is 2.96. The lowest BCUT2D eigenvalue weighted by atomic mass is 10.2. The van der Waals surface area contributed by atoms with Crippen LogP contribution in [0.1, 0.15) is 10.4 Å². The zero-order valence-electron chi connectivity index (χ0n) is 10.1. The molecule has 0 amide bonds. The second kappa shape index (κ2) is 4.74. The van der Waals surface area contributed by atoms with Gasteiger partial charge in [0.25, 0.3) is 0 Å². The lowest BCUT2D eigenvalue weighted by Gasteiger charge is -2.07. The minimum atomic E-state index is 0.798. The van der Waals surface area contributed by atoms with Crippen molar-refractivity contribution in [1.82, 2.24) is 10.2 Å². The Balaban J connectivity index is 1.89. The number of aromatic nitrogens is 2. The predicted octanol–water partition coefficient (Wildman–Crippen LogP) is 3.61. The molecule has 0 spiro atoms. The summed E-state index contributed by atoms with van der Waals surface area (Å²) in [6.45, 7) is 2.93. The molecule has 3 aromatic rings. The molecule has 0 bridgehead atoms. The fraction of sp³-hybridized carbons (Fsp3) is 0.143. The summed E-state index contributed by atoms with van der Waals surface area (Å²) in [4.78, 5) is 1.34. The summed E-state index contributed by atoms with van der Waals surface area (Å²) in [5.41, 5.74) is 1.32. The molecule has 0 aliphatic carbocycles. The summed E-state index contributed by atoms with van der Waals surface area (Å²) in [7, 11) is 0. The Labute approximate surface area is 109 Å². The molecule has 0 fully saturated rings. The molecule has 0 atom stereocenters. The smallest absolute Gasteiger partial charge is 0.156 e. The number of hydrogen-bond donors (Lipinski definition) is 1. The fourth-order valence-electron chi connectivity index (χ4n) is 1.91. The van der Waals surface area contributed by atoms with Gasteiger partial charge in [0.05, 0.1) is 12.7 Å². The highest BCUT2D eigenvalue weighted by atomic mass is 32.1. The van der Waals surface area contributed by atoms with E-state index >= 15 is 0 Å². The Morgan fingerprint density at radius 1 is 1.22 bits per heavy atom. The molecule has 0 radical (unpaired) electrons. The number of hydrogen-bond acceptors (Lipinski definition) is 4. The first kappa shape index (κ1) is 11.2. The second-order valence-corrected chi connectivity index (χ2v) is 5.16. The van der Waals surface area contributed by atoms with Crippen LogP contribution in [0.4, 0.5) is 5.82 Å². The fourth-order valence-corrected chi connectivity index (χ4v) is 2.75. The van der Waals surface area contributed by atoms with E-state index in [1.54, 1.807) is 17.5 Å². The van der Waals surface area contributed by atoms with Gasteiger partial charge in [-0.3, -0.25) is 0 Å². The molecule has 0 saturated heterocycles. The lowest BCUT2D eigenvalue weighted by molar-refractivity contribution is 1.02. The van der Waals surface area contributed by atoms with Crippen LogP contribution in [0.2, 0.25) is 0 Å². The first-order valence-electron chi connectivity index (χ1n) is 5.82. The molecule has 0 unspecified atom stereocenters. The number of rotatable bonds is 3. The quantitative estimate of drug-likeness (QED) is 0.777. The van der Waals surface area contributed by atoms with Crippen LogP contribution in [0.25, 0.3) is 10.8 Å². The van der Waals surface area contributed by atoms with Crippen LogP contribution < -0.4 is 5.32 Å². The van der Waals surface area contributed by atoms with Gasteiger partial charge in [-0.2, -0.15) is 5.10 Å². The predicted molar refractivity (Wildman–Crippen MR) is 75.9 cm³/mol. The van der Waals surface area contributed by atoms with E-state index < -0.39 is 0 Å². The number of benzene rings is 1. The highest BCUT2D eigenvalue weighted by Gasteiger charge is 2.04. The van der Waals surface area contributed by atoms with Gasteiger partial charge in [0.15, 0.2) is 5.82 Å². The van der Waals surface area contributed by atoms with Crippen molar-refractivity contribution in [2.45, 2.75) is 13.5 Å². The monoisotopic (exact) mass is 255 g/mol. The van der Waals surface area contributed by atoms with Crippen molar-refractivity contribution in [2.75, 3.05) is 5.32 Å². The van der Waals surface area contributed by atoms with Gasteiger partial charge in [-0.1, -0.05) is 24.3 Å². The SMILES string of the molecule is Cc1ccsc1CNc1nncc2ccccc12. The van der Waals surface area contributed by atoms with Crippen LogP contribution in [0.3, 0.4) is 0 Å². The molecule has 3 nitrogen and oxygen atoms in total. The molecule has 18 heavy (non-hydrogen) atoms.